The van der Waals surface area contributed by atoms with Crippen LogP contribution in [0.2, 0.25) is 0 Å². The van der Waals surface area contributed by atoms with Crippen molar-refractivity contribution < 1.29 is 18.0 Å². The zero-order chi connectivity index (χ0) is 17.9. The lowest BCUT2D eigenvalue weighted by molar-refractivity contribution is -0.136. The van der Waals surface area contributed by atoms with Gasteiger partial charge in [-0.2, -0.15) is 18.3 Å². The Morgan fingerprint density at radius 1 is 1.08 bits per heavy atom. The maximum Gasteiger partial charge on any atom is 0.418 e. The van der Waals surface area contributed by atoms with Gasteiger partial charge in [-0.15, -0.1) is 0 Å². The number of carbonyl (C=O) groups is 1. The Kier molecular flexibility index (Phi) is 4.29. The minimum Gasteiger partial charge on any atom is -0.307 e. The van der Waals surface area contributed by atoms with Gasteiger partial charge < -0.3 is 5.32 Å². The van der Waals surface area contributed by atoms with Crippen LogP contribution in [0.15, 0.2) is 49.3 Å². The van der Waals surface area contributed by atoms with Crippen LogP contribution in [0.1, 0.15) is 5.56 Å². The summed E-state index contributed by atoms with van der Waals surface area (Å²) in [5.74, 6) is 0.418. The molecular weight excluding hydrogens is 339 g/mol. The fourth-order valence-corrected chi connectivity index (χ4v) is 1.98. The van der Waals surface area contributed by atoms with E-state index < -0.39 is 17.8 Å². The molecule has 3 aromatic rings. The molecule has 0 aliphatic heterocycles. The summed E-state index contributed by atoms with van der Waals surface area (Å²) in [6.45, 7) is 0. The van der Waals surface area contributed by atoms with Crippen molar-refractivity contribution in [3.8, 4) is 5.82 Å². The predicted molar refractivity (Wildman–Crippen MR) is 81.0 cm³/mol. The Balaban J connectivity index is 1.75. The van der Waals surface area contributed by atoms with Gasteiger partial charge in [0.25, 0.3) is 0 Å². The molecule has 0 aliphatic rings. The number of halogens is 3. The zero-order valence-electron chi connectivity index (χ0n) is 12.4. The molecule has 0 bridgehead atoms. The molecule has 0 fully saturated rings. The maximum absolute atomic E-state index is 12.9. The molecule has 2 amide bonds. The highest BCUT2D eigenvalue weighted by Crippen LogP contribution is 2.34. The van der Waals surface area contributed by atoms with E-state index in [-0.39, 0.29) is 11.5 Å². The minimum absolute atomic E-state index is 0.0856. The number of amides is 2. The highest BCUT2D eigenvalue weighted by molar-refractivity contribution is 5.99. The molecule has 11 heteroatoms. The van der Waals surface area contributed by atoms with E-state index in [1.807, 2.05) is 0 Å². The Morgan fingerprint density at radius 2 is 1.88 bits per heavy atom. The average Bonchev–Trinajstić information content (AvgIpc) is 3.09. The van der Waals surface area contributed by atoms with Gasteiger partial charge >= 0.3 is 12.2 Å². The quantitative estimate of drug-likeness (QED) is 0.758. The first kappa shape index (κ1) is 16.4. The molecule has 0 saturated heterocycles. The predicted octanol–water partition coefficient (Wildman–Crippen LogP) is 2.72. The number of hydrogen-bond acceptors (Lipinski definition) is 5. The molecule has 128 valence electrons. The van der Waals surface area contributed by atoms with Crippen LogP contribution in [0.25, 0.3) is 5.82 Å². The van der Waals surface area contributed by atoms with Gasteiger partial charge in [-0.25, -0.2) is 24.4 Å². The third kappa shape index (κ3) is 3.88. The van der Waals surface area contributed by atoms with E-state index in [0.29, 0.717) is 5.82 Å². The van der Waals surface area contributed by atoms with E-state index in [9.17, 15) is 18.0 Å². The monoisotopic (exact) mass is 349 g/mol. The van der Waals surface area contributed by atoms with E-state index in [1.165, 1.54) is 41.9 Å². The molecule has 0 unspecified atom stereocenters. The van der Waals surface area contributed by atoms with Crippen LogP contribution in [-0.2, 0) is 6.18 Å². The summed E-state index contributed by atoms with van der Waals surface area (Å²) >= 11 is 0. The third-order valence-corrected chi connectivity index (χ3v) is 3.03. The molecule has 0 aliphatic carbocycles. The number of anilines is 2. The summed E-state index contributed by atoms with van der Waals surface area (Å²) in [5.41, 5.74) is -1.31. The van der Waals surface area contributed by atoms with Gasteiger partial charge in [0.05, 0.1) is 11.3 Å². The molecule has 2 aromatic heterocycles. The molecule has 0 saturated carbocycles. The summed E-state index contributed by atoms with van der Waals surface area (Å²) in [4.78, 5) is 23.5. The Labute approximate surface area is 138 Å². The normalized spacial score (nSPS) is 11.2. The molecule has 8 nitrogen and oxygen atoms in total. The first-order valence-electron chi connectivity index (χ1n) is 6.85. The lowest BCUT2D eigenvalue weighted by Crippen LogP contribution is -2.22. The van der Waals surface area contributed by atoms with Crippen molar-refractivity contribution in [3.05, 3.63) is 54.9 Å². The van der Waals surface area contributed by atoms with Gasteiger partial charge in [-0.05, 0) is 12.1 Å². The summed E-state index contributed by atoms with van der Waals surface area (Å²) in [5, 5.41) is 8.37. The van der Waals surface area contributed by atoms with E-state index in [1.54, 1.807) is 0 Å². The standard InChI is InChI=1S/C14H10F3N7O/c15-14(16,17)9-3-1-2-4-10(9)22-13(25)23-11-5-12(20-7-19-11)24-8-18-6-21-24/h1-8H,(H2,19,20,22,23,25). The zero-order valence-corrected chi connectivity index (χ0v) is 12.4. The number of aromatic nitrogens is 5. The molecule has 1 aromatic carbocycles. The molecule has 0 spiro atoms. The van der Waals surface area contributed by atoms with Crippen molar-refractivity contribution in [1.82, 2.24) is 24.7 Å². The van der Waals surface area contributed by atoms with E-state index in [4.69, 9.17) is 0 Å². The van der Waals surface area contributed by atoms with Crippen molar-refractivity contribution in [2.24, 2.45) is 0 Å². The largest absolute Gasteiger partial charge is 0.418 e. The van der Waals surface area contributed by atoms with Gasteiger partial charge in [-0.1, -0.05) is 12.1 Å². The number of benzene rings is 1. The summed E-state index contributed by atoms with van der Waals surface area (Å²) in [6, 6.07) is 5.18. The first-order chi connectivity index (χ1) is 11.9. The fourth-order valence-electron chi connectivity index (χ4n) is 1.98. The second-order valence-corrected chi connectivity index (χ2v) is 4.72. The topological polar surface area (TPSA) is 97.6 Å². The van der Waals surface area contributed by atoms with Crippen molar-refractivity contribution >= 4 is 17.5 Å². The van der Waals surface area contributed by atoms with Gasteiger partial charge in [0, 0.05) is 6.07 Å². The average molecular weight is 349 g/mol. The number of nitrogens with one attached hydrogen (secondary N) is 2. The second kappa shape index (κ2) is 6.55. The van der Waals surface area contributed by atoms with Gasteiger partial charge in [0.1, 0.15) is 24.8 Å². The van der Waals surface area contributed by atoms with E-state index >= 15 is 0 Å². The van der Waals surface area contributed by atoms with Gasteiger partial charge in [0.15, 0.2) is 5.82 Å². The third-order valence-electron chi connectivity index (χ3n) is 3.03. The summed E-state index contributed by atoms with van der Waals surface area (Å²) in [6.07, 6.45) is -0.711. The fraction of sp³-hybridized carbons (Fsp3) is 0.0714. The number of carbonyl (C=O) groups excluding carboxylic acids is 1. The number of urea groups is 1. The number of alkyl halides is 3. The van der Waals surface area contributed by atoms with E-state index in [0.717, 1.165) is 12.1 Å². The molecular formula is C14H10F3N7O. The number of nitrogens with zero attached hydrogens (tertiary/aromatic N) is 5. The molecule has 0 radical (unpaired) electrons. The van der Waals surface area contributed by atoms with Crippen LogP contribution in [0, 0.1) is 0 Å². The smallest absolute Gasteiger partial charge is 0.307 e. The van der Waals surface area contributed by atoms with E-state index in [2.05, 4.69) is 30.7 Å². The number of hydrogen-bond donors (Lipinski definition) is 2. The highest BCUT2D eigenvalue weighted by atomic mass is 19.4. The lowest BCUT2D eigenvalue weighted by atomic mass is 10.1. The Morgan fingerprint density at radius 3 is 2.60 bits per heavy atom. The van der Waals surface area contributed by atoms with Gasteiger partial charge in [0.2, 0.25) is 0 Å². The maximum atomic E-state index is 12.9. The van der Waals surface area contributed by atoms with Crippen molar-refractivity contribution in [2.75, 3.05) is 10.6 Å². The second-order valence-electron chi connectivity index (χ2n) is 4.72. The molecule has 0 atom stereocenters. The van der Waals surface area contributed by atoms with Crippen molar-refractivity contribution in [2.45, 2.75) is 6.18 Å². The summed E-state index contributed by atoms with van der Waals surface area (Å²) < 4.78 is 40.1. The van der Waals surface area contributed by atoms with Crippen LogP contribution in [0.3, 0.4) is 0 Å². The van der Waals surface area contributed by atoms with Crippen molar-refractivity contribution in [3.63, 3.8) is 0 Å². The Hall–Kier alpha value is -3.50. The van der Waals surface area contributed by atoms with Crippen LogP contribution in [0.4, 0.5) is 29.5 Å². The van der Waals surface area contributed by atoms with Gasteiger partial charge in [-0.3, -0.25) is 5.32 Å². The minimum atomic E-state index is -4.58. The van der Waals surface area contributed by atoms with Crippen LogP contribution in [0.5, 0.6) is 0 Å². The van der Waals surface area contributed by atoms with Crippen LogP contribution < -0.4 is 10.6 Å². The van der Waals surface area contributed by atoms with Crippen LogP contribution in [-0.4, -0.2) is 30.8 Å². The molecule has 2 heterocycles. The first-order valence-corrected chi connectivity index (χ1v) is 6.85. The number of para-hydroxylation sites is 1. The highest BCUT2D eigenvalue weighted by Gasteiger charge is 2.33. The number of rotatable bonds is 3. The molecule has 25 heavy (non-hydrogen) atoms. The van der Waals surface area contributed by atoms with Crippen molar-refractivity contribution in [1.29, 1.82) is 0 Å². The van der Waals surface area contributed by atoms with Crippen LogP contribution >= 0.6 is 0 Å². The Bertz CT molecular complexity index is 880. The molecule has 2 N–H and O–H groups in total. The molecule has 3 rings (SSSR count). The SMILES string of the molecule is O=C(Nc1cc(-n2cncn2)ncn1)Nc1ccccc1C(F)(F)F. The lowest BCUT2D eigenvalue weighted by Gasteiger charge is -2.13. The summed E-state index contributed by atoms with van der Waals surface area (Å²) in [7, 11) is 0.